The fourth-order valence-corrected chi connectivity index (χ4v) is 3.68. The topological polar surface area (TPSA) is 120 Å². The summed E-state index contributed by atoms with van der Waals surface area (Å²) in [5.74, 6) is -0.142. The second-order valence-corrected chi connectivity index (χ2v) is 7.11. The third kappa shape index (κ3) is 4.69. The molecule has 0 aliphatic rings. The molecule has 0 amide bonds. The average Bonchev–Trinajstić information content (AvgIpc) is 2.92. The quantitative estimate of drug-likeness (QED) is 0.354. The van der Waals surface area contributed by atoms with Crippen LogP contribution in [0.5, 0.6) is 23.0 Å². The molecule has 0 saturated carbocycles. The highest BCUT2D eigenvalue weighted by atomic mass is 16.5. The Balaban J connectivity index is 2.10. The molecule has 10 heteroatoms. The second kappa shape index (κ2) is 11.3. The molecule has 0 aliphatic heterocycles. The Morgan fingerprint density at radius 1 is 0.667 bits per heavy atom. The summed E-state index contributed by atoms with van der Waals surface area (Å²) in [6.07, 6.45) is 0. The molecule has 2 N–H and O–H groups in total. The van der Waals surface area contributed by atoms with E-state index in [9.17, 15) is 9.59 Å². The van der Waals surface area contributed by atoms with Gasteiger partial charge >= 0.3 is 12.1 Å². The zero-order chi connectivity index (χ0) is 26.2. The zero-order valence-corrected chi connectivity index (χ0v) is 19.9. The van der Waals surface area contributed by atoms with Crippen LogP contribution in [-0.2, 0) is 0 Å². The Morgan fingerprint density at radius 3 is 1.42 bits per heavy atom. The van der Waals surface area contributed by atoms with E-state index in [0.717, 1.165) is 0 Å². The predicted octanol–water partition coefficient (Wildman–Crippen LogP) is 4.32. The lowest BCUT2D eigenvalue weighted by atomic mass is 9.95. The van der Waals surface area contributed by atoms with Crippen molar-refractivity contribution in [3.8, 4) is 35.1 Å². The second-order valence-electron chi connectivity index (χ2n) is 7.11. The Kier molecular flexibility index (Phi) is 7.95. The van der Waals surface area contributed by atoms with Crippen LogP contribution in [0.3, 0.4) is 0 Å². The van der Waals surface area contributed by atoms with Crippen LogP contribution in [0.2, 0.25) is 0 Å². The Morgan fingerprint density at radius 2 is 1.08 bits per heavy atom. The highest BCUT2D eigenvalue weighted by Crippen LogP contribution is 2.35. The van der Waals surface area contributed by atoms with Crippen LogP contribution in [0.4, 0.5) is 0 Å². The summed E-state index contributed by atoms with van der Waals surface area (Å²) >= 11 is 0. The van der Waals surface area contributed by atoms with Gasteiger partial charge in [-0.3, -0.25) is 9.59 Å². The fraction of sp³-hybridized carbons (Fsp3) is 0.154. The van der Waals surface area contributed by atoms with Gasteiger partial charge in [-0.2, -0.15) is 10.4 Å². The first-order chi connectivity index (χ1) is 17.4. The van der Waals surface area contributed by atoms with Gasteiger partial charge < -0.3 is 18.9 Å². The summed E-state index contributed by atoms with van der Waals surface area (Å²) in [7, 11) is 5.54. The van der Waals surface area contributed by atoms with Gasteiger partial charge in [0.15, 0.2) is 34.2 Å². The summed E-state index contributed by atoms with van der Waals surface area (Å²) in [5, 5.41) is 23.8. The van der Waals surface area contributed by atoms with Gasteiger partial charge in [-0.25, -0.2) is 0 Å². The number of rotatable bonds is 8. The lowest BCUT2D eigenvalue weighted by Crippen LogP contribution is -2.09. The minimum atomic E-state index is -0.451. The third-order valence-electron chi connectivity index (χ3n) is 5.29. The van der Waals surface area contributed by atoms with Crippen molar-refractivity contribution in [1.82, 2.24) is 0 Å². The first kappa shape index (κ1) is 25.4. The number of methoxy groups -OCH3 is 4. The molecular formula is C26H22N2O8+2. The molecule has 0 unspecified atom stereocenters. The van der Waals surface area contributed by atoms with Crippen LogP contribution in [-0.4, -0.2) is 50.4 Å². The summed E-state index contributed by atoms with van der Waals surface area (Å²) in [6.45, 7) is 0. The van der Waals surface area contributed by atoms with Crippen LogP contribution in [0.1, 0.15) is 43.0 Å². The molecule has 182 valence electrons. The van der Waals surface area contributed by atoms with Crippen molar-refractivity contribution in [1.29, 1.82) is 0 Å². The highest BCUT2D eigenvalue weighted by molar-refractivity contribution is 6.15. The molecule has 0 atom stereocenters. The van der Waals surface area contributed by atoms with Crippen molar-refractivity contribution in [2.45, 2.75) is 0 Å². The molecule has 3 rings (SSSR count). The normalized spacial score (nSPS) is 9.67. The van der Waals surface area contributed by atoms with Gasteiger partial charge in [0, 0.05) is 11.1 Å². The van der Waals surface area contributed by atoms with Crippen LogP contribution in [0, 0.1) is 12.1 Å². The van der Waals surface area contributed by atoms with Crippen molar-refractivity contribution < 1.29 is 39.0 Å². The van der Waals surface area contributed by atoms with E-state index in [-0.39, 0.29) is 56.4 Å². The molecule has 0 spiro atoms. The largest absolute Gasteiger partial charge is 0.495 e. The molecule has 0 heterocycles. The maximum Gasteiger partial charge on any atom is 0.396 e. The number of carbonyl (C=O) groups excluding carboxylic acids is 2. The number of benzene rings is 3. The van der Waals surface area contributed by atoms with Gasteiger partial charge in [0.1, 0.15) is 11.5 Å². The lowest BCUT2D eigenvalue weighted by Gasteiger charge is -2.13. The zero-order valence-electron chi connectivity index (χ0n) is 19.9. The molecule has 0 aliphatic carbocycles. The van der Waals surface area contributed by atoms with Crippen LogP contribution in [0.25, 0.3) is 10.0 Å². The van der Waals surface area contributed by atoms with Gasteiger partial charge in [-0.15, -0.1) is 0 Å². The van der Waals surface area contributed by atoms with Crippen LogP contribution >= 0.6 is 0 Å². The molecular weight excluding hydrogens is 468 g/mol. The van der Waals surface area contributed by atoms with Crippen molar-refractivity contribution >= 4 is 11.6 Å². The van der Waals surface area contributed by atoms with Crippen molar-refractivity contribution in [2.24, 2.45) is 0 Å². The fourth-order valence-electron chi connectivity index (χ4n) is 3.68. The maximum atomic E-state index is 13.4. The number of nitrogens with zero attached hydrogens (tertiary/aromatic N) is 2. The van der Waals surface area contributed by atoms with Gasteiger partial charge in [0.05, 0.1) is 39.6 Å². The van der Waals surface area contributed by atoms with Crippen LogP contribution < -0.4 is 18.9 Å². The Bertz CT molecular complexity index is 1350. The van der Waals surface area contributed by atoms with E-state index in [1.54, 1.807) is 18.2 Å². The van der Waals surface area contributed by atoms with E-state index < -0.39 is 11.6 Å². The number of ether oxygens (including phenoxy) is 4. The van der Waals surface area contributed by atoms with E-state index >= 15 is 0 Å². The number of hydrogen-bond donors (Lipinski definition) is 2. The molecule has 3 aromatic carbocycles. The molecule has 36 heavy (non-hydrogen) atoms. The van der Waals surface area contributed by atoms with Gasteiger partial charge in [-0.1, -0.05) is 18.2 Å². The van der Waals surface area contributed by atoms with E-state index in [2.05, 4.69) is 22.2 Å². The summed E-state index contributed by atoms with van der Waals surface area (Å²) in [4.78, 5) is 26.8. The van der Waals surface area contributed by atoms with Crippen LogP contribution in [0.15, 0.2) is 48.5 Å². The van der Waals surface area contributed by atoms with Crippen molar-refractivity contribution in [3.63, 3.8) is 0 Å². The van der Waals surface area contributed by atoms with Gasteiger partial charge in [0.2, 0.25) is 10.0 Å². The van der Waals surface area contributed by atoms with E-state index in [0.29, 0.717) is 0 Å². The van der Waals surface area contributed by atoms with Crippen molar-refractivity contribution in [3.05, 3.63) is 91.9 Å². The summed E-state index contributed by atoms with van der Waals surface area (Å²) in [6, 6.07) is 16.8. The van der Waals surface area contributed by atoms with Gasteiger partial charge in [-0.05, 0) is 30.3 Å². The maximum absolute atomic E-state index is 13.4. The standard InChI is InChI=1S/C26H20N2O8/c1-33-21-10-8-17(25(35-3)19(21)13-27-31)23(29)15-6-5-7-16(12-15)24(30)18-9-11-22(34-2)20(14-28-32)26(18)36-4/h5-12H,1-4H3/p+2. The molecule has 0 saturated heterocycles. The Labute approximate surface area is 206 Å². The van der Waals surface area contributed by atoms with E-state index in [1.165, 1.54) is 58.8 Å². The highest BCUT2D eigenvalue weighted by Gasteiger charge is 2.26. The first-order valence-electron chi connectivity index (χ1n) is 10.3. The summed E-state index contributed by atoms with van der Waals surface area (Å²) < 4.78 is 21.2. The predicted molar refractivity (Wildman–Crippen MR) is 129 cm³/mol. The smallest absolute Gasteiger partial charge is 0.396 e. The molecule has 0 radical (unpaired) electrons. The number of hydrogen-bond acceptors (Lipinski definition) is 8. The minimum absolute atomic E-state index is 0.0918. The molecule has 0 bridgehead atoms. The lowest BCUT2D eigenvalue weighted by molar-refractivity contribution is 0.103. The third-order valence-corrected chi connectivity index (χ3v) is 5.29. The SMILES string of the molecule is COc1ccc(C(=O)c2cccc(C(=O)c3ccc(OC)c(C#[N+]O)c3OC)c2)c(OC)c1C#[N+]O. The molecule has 3 aromatic rings. The Hall–Kier alpha value is -5.22. The number of carbonyl (C=O) groups is 2. The minimum Gasteiger partial charge on any atom is -0.495 e. The first-order valence-corrected chi connectivity index (χ1v) is 10.3. The van der Waals surface area contributed by atoms with E-state index in [4.69, 9.17) is 29.4 Å². The molecule has 10 nitrogen and oxygen atoms in total. The van der Waals surface area contributed by atoms with E-state index in [1.807, 2.05) is 0 Å². The number of ketones is 2. The molecule has 0 aromatic heterocycles. The van der Waals surface area contributed by atoms with Gasteiger partial charge in [0.25, 0.3) is 0 Å². The molecule has 0 fully saturated rings. The van der Waals surface area contributed by atoms with Crippen molar-refractivity contribution in [2.75, 3.05) is 28.4 Å². The summed E-state index contributed by atoms with van der Waals surface area (Å²) in [5.41, 5.74) is 0.995. The monoisotopic (exact) mass is 490 g/mol. The average molecular weight is 490 g/mol.